The van der Waals surface area contributed by atoms with E-state index in [2.05, 4.69) is 18.8 Å². The van der Waals surface area contributed by atoms with E-state index >= 15 is 0 Å². The average Bonchev–Trinajstić information content (AvgIpc) is 2.63. The second-order valence-electron chi connectivity index (χ2n) is 5.52. The summed E-state index contributed by atoms with van der Waals surface area (Å²) < 4.78 is 13.0. The van der Waals surface area contributed by atoms with Crippen LogP contribution in [-0.2, 0) is 6.42 Å². The highest BCUT2D eigenvalue weighted by Gasteiger charge is 2.08. The molecule has 1 aromatic heterocycles. The van der Waals surface area contributed by atoms with E-state index in [0.717, 1.165) is 50.2 Å². The van der Waals surface area contributed by atoms with Gasteiger partial charge in [-0.2, -0.15) is 0 Å². The van der Waals surface area contributed by atoms with E-state index in [1.165, 1.54) is 17.3 Å². The maximum absolute atomic E-state index is 13.0. The first-order valence-electron chi connectivity index (χ1n) is 8.17. The summed E-state index contributed by atoms with van der Waals surface area (Å²) in [5.41, 5.74) is 4.20. The quantitative estimate of drug-likeness (QED) is 0.651. The Morgan fingerprint density at radius 2 is 1.46 bits per heavy atom. The fourth-order valence-electron chi connectivity index (χ4n) is 2.62. The topological polar surface area (TPSA) is 25.8 Å². The SMILES string of the molecule is CC[Si]c1cnc(-c2ccc(-c3ccc(F)cc3)cc2)nc1CC. The van der Waals surface area contributed by atoms with Crippen molar-refractivity contribution in [1.29, 1.82) is 0 Å². The second-order valence-corrected chi connectivity index (χ2v) is 7.12. The first-order valence-corrected chi connectivity index (χ1v) is 9.38. The summed E-state index contributed by atoms with van der Waals surface area (Å²) in [4.78, 5) is 9.28. The summed E-state index contributed by atoms with van der Waals surface area (Å²) in [6, 6.07) is 15.8. The van der Waals surface area contributed by atoms with Gasteiger partial charge >= 0.3 is 0 Å². The van der Waals surface area contributed by atoms with Gasteiger partial charge in [0.1, 0.15) is 5.82 Å². The van der Waals surface area contributed by atoms with Gasteiger partial charge in [-0.05, 0) is 34.9 Å². The van der Waals surface area contributed by atoms with Crippen LogP contribution in [-0.4, -0.2) is 19.5 Å². The second kappa shape index (κ2) is 7.49. The van der Waals surface area contributed by atoms with Crippen LogP contribution in [0.25, 0.3) is 22.5 Å². The van der Waals surface area contributed by atoms with E-state index in [9.17, 15) is 4.39 Å². The molecule has 120 valence electrons. The number of hydrogen-bond acceptors (Lipinski definition) is 2. The van der Waals surface area contributed by atoms with Crippen LogP contribution in [0.4, 0.5) is 4.39 Å². The monoisotopic (exact) mass is 334 g/mol. The minimum absolute atomic E-state index is 0.219. The lowest BCUT2D eigenvalue weighted by Gasteiger charge is -2.08. The van der Waals surface area contributed by atoms with Crippen molar-refractivity contribution in [2.24, 2.45) is 0 Å². The number of benzene rings is 2. The van der Waals surface area contributed by atoms with Crippen LogP contribution in [0.15, 0.2) is 54.7 Å². The van der Waals surface area contributed by atoms with E-state index < -0.39 is 0 Å². The zero-order chi connectivity index (χ0) is 16.9. The van der Waals surface area contributed by atoms with E-state index in [0.29, 0.717) is 0 Å². The molecule has 0 spiro atoms. The Morgan fingerprint density at radius 1 is 0.875 bits per heavy atom. The molecule has 0 amide bonds. The molecule has 0 aliphatic heterocycles. The number of rotatable bonds is 5. The van der Waals surface area contributed by atoms with Crippen molar-refractivity contribution in [3.05, 3.63) is 66.2 Å². The molecule has 0 atom stereocenters. The normalized spacial score (nSPS) is 10.8. The highest BCUT2D eigenvalue weighted by molar-refractivity contribution is 6.53. The van der Waals surface area contributed by atoms with Crippen molar-refractivity contribution in [2.45, 2.75) is 26.3 Å². The molecule has 0 aliphatic carbocycles. The largest absolute Gasteiger partial charge is 0.237 e. The van der Waals surface area contributed by atoms with Crippen LogP contribution in [0.2, 0.25) is 6.04 Å². The summed E-state index contributed by atoms with van der Waals surface area (Å²) in [5.74, 6) is 0.547. The minimum Gasteiger partial charge on any atom is -0.237 e. The minimum atomic E-state index is -0.219. The molecule has 24 heavy (non-hydrogen) atoms. The van der Waals surface area contributed by atoms with Gasteiger partial charge in [-0.25, -0.2) is 14.4 Å². The molecule has 1 heterocycles. The molecule has 0 N–H and O–H groups in total. The molecule has 2 radical (unpaired) electrons. The van der Waals surface area contributed by atoms with Crippen molar-refractivity contribution in [3.63, 3.8) is 0 Å². The molecular formula is C20H19FN2Si. The summed E-state index contributed by atoms with van der Waals surface area (Å²) in [6.45, 7) is 4.31. The molecule has 4 heteroatoms. The lowest BCUT2D eigenvalue weighted by molar-refractivity contribution is 0.628. The van der Waals surface area contributed by atoms with Gasteiger partial charge in [0, 0.05) is 17.5 Å². The molecule has 0 saturated carbocycles. The first-order chi connectivity index (χ1) is 11.7. The van der Waals surface area contributed by atoms with Crippen LogP contribution in [0.1, 0.15) is 19.5 Å². The van der Waals surface area contributed by atoms with Gasteiger partial charge in [-0.3, -0.25) is 0 Å². The van der Waals surface area contributed by atoms with Gasteiger partial charge in [-0.1, -0.05) is 56.3 Å². The van der Waals surface area contributed by atoms with Crippen LogP contribution in [0.3, 0.4) is 0 Å². The highest BCUT2D eigenvalue weighted by Crippen LogP contribution is 2.23. The Bertz CT molecular complexity index is 814. The summed E-state index contributed by atoms with van der Waals surface area (Å²) in [6.07, 6.45) is 2.89. The molecule has 0 aliphatic rings. The predicted octanol–water partition coefficient (Wildman–Crippen LogP) is 4.28. The Hall–Kier alpha value is -2.33. The van der Waals surface area contributed by atoms with E-state index in [4.69, 9.17) is 4.98 Å². The molecule has 0 unspecified atom stereocenters. The number of hydrogen-bond donors (Lipinski definition) is 0. The third-order valence-electron chi connectivity index (χ3n) is 3.89. The Morgan fingerprint density at radius 3 is 2.04 bits per heavy atom. The first kappa shape index (κ1) is 16.5. The number of aryl methyl sites for hydroxylation is 1. The van der Waals surface area contributed by atoms with E-state index in [1.54, 1.807) is 12.1 Å². The van der Waals surface area contributed by atoms with Gasteiger partial charge in [-0.15, -0.1) is 0 Å². The number of halogens is 1. The van der Waals surface area contributed by atoms with E-state index in [1.807, 2.05) is 30.5 Å². The molecule has 2 nitrogen and oxygen atoms in total. The van der Waals surface area contributed by atoms with Gasteiger partial charge in [0.25, 0.3) is 0 Å². The van der Waals surface area contributed by atoms with Crippen molar-refractivity contribution in [1.82, 2.24) is 9.97 Å². The molecule has 0 fully saturated rings. The molecular weight excluding hydrogens is 315 g/mol. The maximum Gasteiger partial charge on any atom is 0.159 e. The van der Waals surface area contributed by atoms with Gasteiger partial charge in [0.15, 0.2) is 5.82 Å². The van der Waals surface area contributed by atoms with Crippen molar-refractivity contribution >= 4 is 14.7 Å². The van der Waals surface area contributed by atoms with Crippen molar-refractivity contribution < 1.29 is 4.39 Å². The molecule has 0 bridgehead atoms. The van der Waals surface area contributed by atoms with Crippen LogP contribution >= 0.6 is 0 Å². The maximum atomic E-state index is 13.0. The van der Waals surface area contributed by atoms with Gasteiger partial charge < -0.3 is 0 Å². The zero-order valence-electron chi connectivity index (χ0n) is 13.9. The van der Waals surface area contributed by atoms with Crippen molar-refractivity contribution in [2.75, 3.05) is 0 Å². The number of nitrogens with zero attached hydrogens (tertiary/aromatic N) is 2. The fourth-order valence-corrected chi connectivity index (χ4v) is 3.59. The van der Waals surface area contributed by atoms with Crippen molar-refractivity contribution in [3.8, 4) is 22.5 Å². The third-order valence-corrected chi connectivity index (χ3v) is 5.04. The van der Waals surface area contributed by atoms with Crippen LogP contribution in [0, 0.1) is 5.82 Å². The third kappa shape index (κ3) is 3.59. The average molecular weight is 334 g/mol. The standard InChI is InChI=1S/C20H19FN2Si/c1-3-18-19(24-4-2)13-22-20(23-18)16-7-5-14(6-8-16)15-9-11-17(21)12-10-15/h5-13H,3-4H2,1-2H3. The summed E-state index contributed by atoms with van der Waals surface area (Å²) >= 11 is 0. The van der Waals surface area contributed by atoms with Crippen LogP contribution in [0.5, 0.6) is 0 Å². The molecule has 2 aromatic carbocycles. The lowest BCUT2D eigenvalue weighted by atomic mass is 10.0. The van der Waals surface area contributed by atoms with Crippen LogP contribution < -0.4 is 5.19 Å². The molecule has 0 saturated heterocycles. The van der Waals surface area contributed by atoms with Gasteiger partial charge in [0.05, 0.1) is 9.52 Å². The lowest BCUT2D eigenvalue weighted by Crippen LogP contribution is -2.21. The smallest absolute Gasteiger partial charge is 0.159 e. The Kier molecular flexibility index (Phi) is 5.16. The fraction of sp³-hybridized carbons (Fsp3) is 0.200. The molecule has 3 aromatic rings. The summed E-state index contributed by atoms with van der Waals surface area (Å²) in [5, 5.41) is 1.27. The number of aromatic nitrogens is 2. The Balaban J connectivity index is 1.89. The zero-order valence-corrected chi connectivity index (χ0v) is 14.9. The predicted molar refractivity (Wildman–Crippen MR) is 98.1 cm³/mol. The van der Waals surface area contributed by atoms with Gasteiger partial charge in [0.2, 0.25) is 0 Å². The van der Waals surface area contributed by atoms with E-state index in [-0.39, 0.29) is 5.82 Å². The highest BCUT2D eigenvalue weighted by atomic mass is 28.2. The molecule has 3 rings (SSSR count). The Labute approximate surface area is 144 Å². The summed E-state index contributed by atoms with van der Waals surface area (Å²) in [7, 11) is 0.769.